The van der Waals surface area contributed by atoms with E-state index in [9.17, 15) is 9.90 Å². The van der Waals surface area contributed by atoms with Crippen molar-refractivity contribution in [3.63, 3.8) is 0 Å². The average molecular weight is 254 g/mol. The van der Waals surface area contributed by atoms with Crippen molar-refractivity contribution >= 4 is 11.6 Å². The standard InChI is InChI=1S/C16H16NO2/c18-13-7-12-17(15-10-5-2-6-11-15)16(19)14-8-3-1-4-9-14/h1-6,8-11H,7,12-13H2. The van der Waals surface area contributed by atoms with Gasteiger partial charge in [0.15, 0.2) is 0 Å². The quantitative estimate of drug-likeness (QED) is 0.808. The zero-order valence-electron chi connectivity index (χ0n) is 10.7. The molecule has 0 fully saturated rings. The minimum absolute atomic E-state index is 0.0692. The fourth-order valence-electron chi connectivity index (χ4n) is 1.92. The summed E-state index contributed by atoms with van der Waals surface area (Å²) in [5.41, 5.74) is 1.46. The summed E-state index contributed by atoms with van der Waals surface area (Å²) in [6, 6.07) is 18.6. The van der Waals surface area contributed by atoms with E-state index in [1.165, 1.54) is 0 Å². The number of anilines is 1. The molecule has 3 nitrogen and oxygen atoms in total. The lowest BCUT2D eigenvalue weighted by Gasteiger charge is -2.22. The van der Waals surface area contributed by atoms with Crippen LogP contribution in [0, 0.1) is 0 Å². The maximum Gasteiger partial charge on any atom is 0.258 e. The Bertz CT molecular complexity index is 511. The molecule has 97 valence electrons. The lowest BCUT2D eigenvalue weighted by atomic mass is 10.1. The first kappa shape index (κ1) is 13.3. The lowest BCUT2D eigenvalue weighted by Crippen LogP contribution is -2.32. The van der Waals surface area contributed by atoms with Crippen LogP contribution in [0.25, 0.3) is 0 Å². The van der Waals surface area contributed by atoms with Gasteiger partial charge in [-0.05, 0) is 30.7 Å². The van der Waals surface area contributed by atoms with Crippen LogP contribution in [0.1, 0.15) is 16.8 Å². The summed E-state index contributed by atoms with van der Waals surface area (Å²) in [5.74, 6) is -0.0692. The Kier molecular flexibility index (Phi) is 4.70. The van der Waals surface area contributed by atoms with Gasteiger partial charge in [0.25, 0.3) is 5.91 Å². The van der Waals surface area contributed by atoms with E-state index in [1.54, 1.807) is 17.0 Å². The molecule has 2 aromatic rings. The Balaban J connectivity index is 2.25. The highest BCUT2D eigenvalue weighted by Gasteiger charge is 2.16. The topological polar surface area (TPSA) is 40.2 Å². The summed E-state index contributed by atoms with van der Waals surface area (Å²) in [6.07, 6.45) is 0.452. The molecule has 0 saturated carbocycles. The second kappa shape index (κ2) is 6.71. The summed E-state index contributed by atoms with van der Waals surface area (Å²) < 4.78 is 0. The zero-order valence-corrected chi connectivity index (χ0v) is 10.7. The molecule has 0 heterocycles. The van der Waals surface area contributed by atoms with Crippen LogP contribution in [0.15, 0.2) is 60.7 Å². The van der Waals surface area contributed by atoms with Gasteiger partial charge in [-0.25, -0.2) is 5.11 Å². The second-order valence-electron chi connectivity index (χ2n) is 4.22. The Morgan fingerprint density at radius 3 is 2.05 bits per heavy atom. The summed E-state index contributed by atoms with van der Waals surface area (Å²) in [7, 11) is 0. The average Bonchev–Trinajstić information content (AvgIpc) is 2.49. The molecule has 0 unspecified atom stereocenters. The SMILES string of the molecule is [O]CCCN(C(=O)c1ccccc1)c1ccccc1. The van der Waals surface area contributed by atoms with E-state index >= 15 is 0 Å². The van der Waals surface area contributed by atoms with Crippen molar-refractivity contribution in [1.29, 1.82) is 0 Å². The van der Waals surface area contributed by atoms with Crippen molar-refractivity contribution < 1.29 is 9.90 Å². The Morgan fingerprint density at radius 2 is 1.47 bits per heavy atom. The van der Waals surface area contributed by atoms with Crippen molar-refractivity contribution in [3.05, 3.63) is 66.2 Å². The molecule has 0 aliphatic rings. The predicted octanol–water partition coefficient (Wildman–Crippen LogP) is 3.15. The van der Waals surface area contributed by atoms with Gasteiger partial charge in [0.2, 0.25) is 0 Å². The molecule has 1 radical (unpaired) electrons. The van der Waals surface area contributed by atoms with E-state index < -0.39 is 0 Å². The molecule has 0 aliphatic heterocycles. The maximum atomic E-state index is 12.5. The van der Waals surface area contributed by atoms with Gasteiger partial charge in [0.05, 0.1) is 6.61 Å². The third-order valence-electron chi connectivity index (χ3n) is 2.86. The molecule has 0 spiro atoms. The normalized spacial score (nSPS) is 10.2. The Hall–Kier alpha value is -2.13. The molecule has 0 bridgehead atoms. The number of rotatable bonds is 5. The molecular formula is C16H16NO2. The molecule has 2 rings (SSSR count). The van der Waals surface area contributed by atoms with E-state index in [0.29, 0.717) is 18.5 Å². The van der Waals surface area contributed by atoms with Crippen LogP contribution in [-0.4, -0.2) is 19.1 Å². The van der Waals surface area contributed by atoms with E-state index in [4.69, 9.17) is 0 Å². The number of para-hydroxylation sites is 1. The first-order valence-electron chi connectivity index (χ1n) is 6.33. The van der Waals surface area contributed by atoms with Crippen LogP contribution >= 0.6 is 0 Å². The maximum absolute atomic E-state index is 12.5. The highest BCUT2D eigenvalue weighted by Crippen LogP contribution is 2.17. The number of hydrogen-bond acceptors (Lipinski definition) is 1. The third-order valence-corrected chi connectivity index (χ3v) is 2.86. The van der Waals surface area contributed by atoms with Crippen molar-refractivity contribution in [2.24, 2.45) is 0 Å². The van der Waals surface area contributed by atoms with Crippen molar-refractivity contribution in [2.75, 3.05) is 18.1 Å². The molecule has 0 atom stereocenters. The Labute approximate surface area is 113 Å². The smallest absolute Gasteiger partial charge is 0.258 e. The van der Waals surface area contributed by atoms with Gasteiger partial charge < -0.3 is 4.90 Å². The van der Waals surface area contributed by atoms with Crippen LogP contribution in [0.2, 0.25) is 0 Å². The predicted molar refractivity (Wildman–Crippen MR) is 74.7 cm³/mol. The summed E-state index contributed by atoms with van der Waals surface area (Å²) >= 11 is 0. The number of benzene rings is 2. The van der Waals surface area contributed by atoms with Crippen LogP contribution in [0.4, 0.5) is 5.69 Å². The first-order chi connectivity index (χ1) is 9.33. The fraction of sp³-hybridized carbons (Fsp3) is 0.188. The van der Waals surface area contributed by atoms with Gasteiger partial charge in [-0.15, -0.1) is 0 Å². The Morgan fingerprint density at radius 1 is 0.895 bits per heavy atom. The monoisotopic (exact) mass is 254 g/mol. The number of carbonyl (C=O) groups is 1. The summed E-state index contributed by atoms with van der Waals surface area (Å²) in [6.45, 7) is 0.270. The highest BCUT2D eigenvalue weighted by molar-refractivity contribution is 6.06. The molecule has 19 heavy (non-hydrogen) atoms. The van der Waals surface area contributed by atoms with Crippen molar-refractivity contribution in [3.8, 4) is 0 Å². The van der Waals surface area contributed by atoms with E-state index in [-0.39, 0.29) is 12.5 Å². The van der Waals surface area contributed by atoms with Gasteiger partial charge in [-0.2, -0.15) is 0 Å². The zero-order chi connectivity index (χ0) is 13.5. The van der Waals surface area contributed by atoms with Gasteiger partial charge in [-0.3, -0.25) is 4.79 Å². The van der Waals surface area contributed by atoms with E-state index in [0.717, 1.165) is 5.69 Å². The molecular weight excluding hydrogens is 238 g/mol. The van der Waals surface area contributed by atoms with Crippen LogP contribution in [-0.2, 0) is 5.11 Å². The third kappa shape index (κ3) is 3.42. The number of nitrogens with zero attached hydrogens (tertiary/aromatic N) is 1. The first-order valence-corrected chi connectivity index (χ1v) is 6.33. The van der Waals surface area contributed by atoms with Crippen LogP contribution in [0.5, 0.6) is 0 Å². The van der Waals surface area contributed by atoms with Crippen LogP contribution in [0.3, 0.4) is 0 Å². The molecule has 0 saturated heterocycles. The fourth-order valence-corrected chi connectivity index (χ4v) is 1.92. The van der Waals surface area contributed by atoms with E-state index in [2.05, 4.69) is 0 Å². The molecule has 3 heteroatoms. The molecule has 0 aromatic heterocycles. The number of hydrogen-bond donors (Lipinski definition) is 0. The summed E-state index contributed by atoms with van der Waals surface area (Å²) in [5, 5.41) is 10.7. The van der Waals surface area contributed by atoms with Crippen molar-refractivity contribution in [2.45, 2.75) is 6.42 Å². The van der Waals surface area contributed by atoms with Crippen LogP contribution < -0.4 is 4.90 Å². The largest absolute Gasteiger partial charge is 0.308 e. The van der Waals surface area contributed by atoms with Gasteiger partial charge in [0, 0.05) is 17.8 Å². The minimum Gasteiger partial charge on any atom is -0.308 e. The molecule has 0 aliphatic carbocycles. The van der Waals surface area contributed by atoms with Gasteiger partial charge in [-0.1, -0.05) is 36.4 Å². The number of amides is 1. The molecule has 0 N–H and O–H groups in total. The second-order valence-corrected chi connectivity index (χ2v) is 4.22. The number of carbonyl (C=O) groups excluding carboxylic acids is 1. The lowest BCUT2D eigenvalue weighted by molar-refractivity contribution is 0.0983. The van der Waals surface area contributed by atoms with Gasteiger partial charge in [0.1, 0.15) is 0 Å². The summed E-state index contributed by atoms with van der Waals surface area (Å²) in [4.78, 5) is 14.1. The molecule has 2 aromatic carbocycles. The highest BCUT2D eigenvalue weighted by atomic mass is 16.3. The van der Waals surface area contributed by atoms with Crippen molar-refractivity contribution in [1.82, 2.24) is 0 Å². The minimum atomic E-state index is -0.175. The van der Waals surface area contributed by atoms with E-state index in [1.807, 2.05) is 48.5 Å². The molecule has 1 amide bonds. The van der Waals surface area contributed by atoms with Gasteiger partial charge >= 0.3 is 0 Å².